The van der Waals surface area contributed by atoms with Crippen LogP contribution in [0.25, 0.3) is 16.3 Å². The molecular weight excluding hydrogens is 519 g/mol. The van der Waals surface area contributed by atoms with Crippen LogP contribution in [0.5, 0.6) is 0 Å². The van der Waals surface area contributed by atoms with Crippen molar-refractivity contribution in [3.8, 4) is 10.8 Å². The Morgan fingerprint density at radius 3 is 2.67 bits per heavy atom. The van der Waals surface area contributed by atoms with E-state index in [1.807, 2.05) is 18.7 Å². The Labute approximate surface area is 209 Å². The minimum Gasteiger partial charge on any atom is -0.377 e. The molecule has 3 aromatic rings. The van der Waals surface area contributed by atoms with Gasteiger partial charge in [0.05, 0.1) is 42.2 Å². The summed E-state index contributed by atoms with van der Waals surface area (Å²) in [5, 5.41) is 10.3. The summed E-state index contributed by atoms with van der Waals surface area (Å²) in [6.45, 7) is 6.27. The topological polar surface area (TPSA) is 114 Å². The van der Waals surface area contributed by atoms with E-state index in [0.29, 0.717) is 35.6 Å². The molecular formula is C21H26F3N7O3S2. The minimum absolute atomic E-state index is 0.0517. The maximum absolute atomic E-state index is 13.7. The van der Waals surface area contributed by atoms with Gasteiger partial charge in [0.25, 0.3) is 6.43 Å². The summed E-state index contributed by atoms with van der Waals surface area (Å²) in [5.74, 6) is 0.183. The number of hydrogen-bond acceptors (Lipinski definition) is 9. The molecule has 0 saturated carbocycles. The van der Waals surface area contributed by atoms with Gasteiger partial charge in [0.15, 0.2) is 15.8 Å². The molecule has 2 aliphatic rings. The first-order valence-electron chi connectivity index (χ1n) is 11.2. The number of hydrogen-bond donors (Lipinski definition) is 2. The zero-order valence-corrected chi connectivity index (χ0v) is 21.5. The van der Waals surface area contributed by atoms with Crippen LogP contribution in [0.2, 0.25) is 0 Å². The number of ether oxygens (including phenoxy) is 1. The van der Waals surface area contributed by atoms with Crippen LogP contribution in [-0.4, -0.2) is 78.1 Å². The van der Waals surface area contributed by atoms with E-state index in [-0.39, 0.29) is 28.9 Å². The Morgan fingerprint density at radius 1 is 1.31 bits per heavy atom. The maximum Gasteiger partial charge on any atom is 0.291 e. The number of aromatic nitrogens is 4. The predicted octanol–water partition coefficient (Wildman–Crippen LogP) is 2.38. The highest BCUT2D eigenvalue weighted by molar-refractivity contribution is 7.89. The summed E-state index contributed by atoms with van der Waals surface area (Å²) < 4.78 is 76.2. The van der Waals surface area contributed by atoms with Gasteiger partial charge in [-0.1, -0.05) is 11.3 Å². The largest absolute Gasteiger partial charge is 0.377 e. The summed E-state index contributed by atoms with van der Waals surface area (Å²) >= 11 is 0.685. The predicted molar refractivity (Wildman–Crippen MR) is 128 cm³/mol. The standard InChI is InChI=1S/C21H26F3N7O3S2/c1-20(2)9-30(7-12(5-22)26-20)14-4-13(36(32,33)29-21(3)10-34-11-21)8-31-15(14)6-25-17(31)19-28-27-18(35-19)16(23)24/h4,6,8,12,16,26,29H,5,7,9-11H2,1-3H3. The molecule has 1 atom stereocenters. The molecule has 2 aliphatic heterocycles. The van der Waals surface area contributed by atoms with Crippen molar-refractivity contribution in [2.24, 2.45) is 0 Å². The number of fused-ring (bicyclic) bond motifs is 1. The number of alkyl halides is 3. The number of pyridine rings is 1. The number of nitrogens with zero attached hydrogens (tertiary/aromatic N) is 5. The van der Waals surface area contributed by atoms with Gasteiger partial charge >= 0.3 is 0 Å². The average Bonchev–Trinajstić information content (AvgIpc) is 3.43. The SMILES string of the molecule is CC1(C)CN(c2cc(S(=O)(=O)NC3(C)COC3)cn3c(-c4nnc(C(F)F)s4)ncc23)CC(CF)N1. The van der Waals surface area contributed by atoms with Gasteiger partial charge in [-0.05, 0) is 26.8 Å². The van der Waals surface area contributed by atoms with Crippen LogP contribution in [0.4, 0.5) is 18.9 Å². The number of piperazine rings is 1. The molecule has 36 heavy (non-hydrogen) atoms. The fourth-order valence-corrected chi connectivity index (χ4v) is 6.69. The molecule has 1 unspecified atom stereocenters. The molecule has 0 aromatic carbocycles. The Balaban J connectivity index is 1.66. The molecule has 196 valence electrons. The van der Waals surface area contributed by atoms with Gasteiger partial charge in [-0.15, -0.1) is 10.2 Å². The molecule has 2 N–H and O–H groups in total. The Hall–Kier alpha value is -2.33. The van der Waals surface area contributed by atoms with E-state index in [0.717, 1.165) is 0 Å². The number of nitrogens with one attached hydrogen (secondary N) is 2. The van der Waals surface area contributed by atoms with Crippen molar-refractivity contribution in [2.75, 3.05) is 37.9 Å². The molecule has 2 saturated heterocycles. The maximum atomic E-state index is 13.7. The van der Waals surface area contributed by atoms with E-state index < -0.39 is 45.3 Å². The van der Waals surface area contributed by atoms with Crippen LogP contribution in [-0.2, 0) is 14.8 Å². The molecule has 5 rings (SSSR count). The third-order valence-corrected chi connectivity index (χ3v) is 8.63. The smallest absolute Gasteiger partial charge is 0.291 e. The lowest BCUT2D eigenvalue weighted by Crippen LogP contribution is -2.63. The molecule has 2 fully saturated rings. The molecule has 5 heterocycles. The Kier molecular flexibility index (Phi) is 6.26. The van der Waals surface area contributed by atoms with Crippen LogP contribution in [0, 0.1) is 0 Å². The van der Waals surface area contributed by atoms with Crippen molar-refractivity contribution in [3.05, 3.63) is 23.5 Å². The van der Waals surface area contributed by atoms with E-state index >= 15 is 0 Å². The second-order valence-electron chi connectivity index (χ2n) is 10.1. The molecule has 10 nitrogen and oxygen atoms in total. The van der Waals surface area contributed by atoms with Crippen molar-refractivity contribution in [3.63, 3.8) is 0 Å². The van der Waals surface area contributed by atoms with Crippen molar-refractivity contribution in [1.82, 2.24) is 29.6 Å². The zero-order chi connectivity index (χ0) is 25.9. The van der Waals surface area contributed by atoms with Gasteiger partial charge in [0.2, 0.25) is 10.0 Å². The summed E-state index contributed by atoms with van der Waals surface area (Å²) in [6, 6.07) is 1.07. The highest BCUT2D eigenvalue weighted by Crippen LogP contribution is 2.34. The lowest BCUT2D eigenvalue weighted by molar-refractivity contribution is -0.0523. The van der Waals surface area contributed by atoms with E-state index in [1.165, 1.54) is 22.9 Å². The third-order valence-electron chi connectivity index (χ3n) is 6.09. The van der Waals surface area contributed by atoms with Gasteiger partial charge in [-0.2, -0.15) is 0 Å². The van der Waals surface area contributed by atoms with Crippen LogP contribution < -0.4 is 14.9 Å². The number of halogens is 3. The number of imidazole rings is 1. The van der Waals surface area contributed by atoms with Crippen molar-refractivity contribution in [2.45, 2.75) is 49.2 Å². The summed E-state index contributed by atoms with van der Waals surface area (Å²) in [7, 11) is -4.01. The Bertz CT molecular complexity index is 1390. The third kappa shape index (κ3) is 4.69. The average molecular weight is 546 g/mol. The molecule has 0 radical (unpaired) electrons. The zero-order valence-electron chi connectivity index (χ0n) is 19.8. The number of rotatable bonds is 7. The number of anilines is 1. The van der Waals surface area contributed by atoms with E-state index in [2.05, 4.69) is 25.2 Å². The van der Waals surface area contributed by atoms with Gasteiger partial charge < -0.3 is 15.0 Å². The molecule has 0 aliphatic carbocycles. The molecule has 15 heteroatoms. The van der Waals surface area contributed by atoms with Crippen molar-refractivity contribution in [1.29, 1.82) is 0 Å². The van der Waals surface area contributed by atoms with Crippen molar-refractivity contribution < 1.29 is 26.3 Å². The first-order valence-corrected chi connectivity index (χ1v) is 13.5. The lowest BCUT2D eigenvalue weighted by atomic mass is 9.98. The molecule has 3 aromatic heterocycles. The van der Waals surface area contributed by atoms with E-state index in [1.54, 1.807) is 6.92 Å². The van der Waals surface area contributed by atoms with Crippen LogP contribution in [0.1, 0.15) is 32.2 Å². The highest BCUT2D eigenvalue weighted by atomic mass is 32.2. The molecule has 0 spiro atoms. The van der Waals surface area contributed by atoms with Gasteiger partial charge in [0.1, 0.15) is 11.6 Å². The quantitative estimate of drug-likeness (QED) is 0.465. The van der Waals surface area contributed by atoms with Crippen LogP contribution in [0.15, 0.2) is 23.4 Å². The second kappa shape index (κ2) is 8.90. The fourth-order valence-electron chi connectivity index (χ4n) is 4.60. The van der Waals surface area contributed by atoms with Crippen LogP contribution >= 0.6 is 11.3 Å². The first kappa shape index (κ1) is 25.3. The minimum atomic E-state index is -4.01. The first-order chi connectivity index (χ1) is 16.9. The monoisotopic (exact) mass is 545 g/mol. The molecule has 0 amide bonds. The summed E-state index contributed by atoms with van der Waals surface area (Å²) in [6.07, 6.45) is 0.123. The van der Waals surface area contributed by atoms with E-state index in [9.17, 15) is 21.6 Å². The fraction of sp³-hybridized carbons (Fsp3) is 0.571. The van der Waals surface area contributed by atoms with Gasteiger partial charge in [0, 0.05) is 24.8 Å². The summed E-state index contributed by atoms with van der Waals surface area (Å²) in [5.41, 5.74) is -0.137. The highest BCUT2D eigenvalue weighted by Gasteiger charge is 2.39. The normalized spacial score (nSPS) is 21.8. The van der Waals surface area contributed by atoms with E-state index in [4.69, 9.17) is 4.74 Å². The number of sulfonamides is 1. The molecule has 0 bridgehead atoms. The lowest BCUT2D eigenvalue weighted by Gasteiger charge is -2.44. The van der Waals surface area contributed by atoms with Gasteiger partial charge in [-0.25, -0.2) is 31.3 Å². The van der Waals surface area contributed by atoms with Crippen LogP contribution in [0.3, 0.4) is 0 Å². The summed E-state index contributed by atoms with van der Waals surface area (Å²) in [4.78, 5) is 6.23. The second-order valence-corrected chi connectivity index (χ2v) is 12.8. The van der Waals surface area contributed by atoms with Gasteiger partial charge in [-0.3, -0.25) is 4.40 Å². The van der Waals surface area contributed by atoms with Crippen molar-refractivity contribution >= 4 is 32.6 Å². The Morgan fingerprint density at radius 2 is 2.06 bits per heavy atom.